The molecule has 210 valence electrons. The molecule has 11 nitrogen and oxygen atoms in total. The normalized spacial score (nSPS) is 13.9. The Kier molecular flexibility index (Phi) is 7.46. The Morgan fingerprint density at radius 2 is 1.80 bits per heavy atom. The molecule has 1 fully saturated rings. The highest BCUT2D eigenvalue weighted by atomic mass is 79.9. The van der Waals surface area contributed by atoms with Crippen LogP contribution < -0.4 is 20.8 Å². The summed E-state index contributed by atoms with van der Waals surface area (Å²) in [5.41, 5.74) is 5.99. The minimum Gasteiger partial charge on any atom is -0.378 e. The van der Waals surface area contributed by atoms with Crippen molar-refractivity contribution in [1.29, 1.82) is 0 Å². The predicted octanol–water partition coefficient (Wildman–Crippen LogP) is 5.15. The first-order chi connectivity index (χ1) is 19.8. The van der Waals surface area contributed by atoms with E-state index in [0.29, 0.717) is 51.5 Å². The summed E-state index contributed by atoms with van der Waals surface area (Å²) in [6, 6.07) is 9.93. The lowest BCUT2D eigenvalue weighted by molar-refractivity contribution is 0.123. The maximum atomic E-state index is 13.3. The highest BCUT2D eigenvalue weighted by molar-refractivity contribution is 9.10. The molecule has 3 aromatic heterocycles. The summed E-state index contributed by atoms with van der Waals surface area (Å²) in [5.74, 6) is 0.933. The molecule has 0 atom stereocenters. The van der Waals surface area contributed by atoms with Gasteiger partial charge in [0, 0.05) is 67.4 Å². The van der Waals surface area contributed by atoms with E-state index in [1.165, 1.54) is 0 Å². The quantitative estimate of drug-likeness (QED) is 0.232. The number of ether oxygens (including phenoxy) is 1. The molecular weight excluding hydrogens is 605 g/mol. The number of hydrogen-bond donors (Lipinski definition) is 2. The first-order valence-corrected chi connectivity index (χ1v) is 16.5. The average molecular weight is 634 g/mol. The van der Waals surface area contributed by atoms with Crippen LogP contribution in [0.5, 0.6) is 0 Å². The number of nitrogens with one attached hydrogen (secondary N) is 2. The predicted molar refractivity (Wildman–Crippen MR) is 167 cm³/mol. The summed E-state index contributed by atoms with van der Waals surface area (Å²) in [7, 11) is -0.817. The molecule has 0 bridgehead atoms. The minimum absolute atomic E-state index is 0.408. The average Bonchev–Trinajstić information content (AvgIpc) is 3.40. The third kappa shape index (κ3) is 5.81. The van der Waals surface area contributed by atoms with Crippen LogP contribution in [0.15, 0.2) is 65.8 Å². The highest BCUT2D eigenvalue weighted by Gasteiger charge is 2.23. The lowest BCUT2D eigenvalue weighted by Gasteiger charge is -2.30. The molecule has 1 saturated heterocycles. The molecular formula is C28H29BrN9O2P. The van der Waals surface area contributed by atoms with Crippen molar-refractivity contribution in [2.24, 2.45) is 7.05 Å². The molecule has 1 aliphatic heterocycles. The van der Waals surface area contributed by atoms with Gasteiger partial charge in [-0.05, 0) is 59.6 Å². The number of anilines is 5. The number of aryl methyl sites for hydroxylation is 1. The van der Waals surface area contributed by atoms with Gasteiger partial charge in [-0.2, -0.15) is 10.1 Å². The lowest BCUT2D eigenvalue weighted by Crippen LogP contribution is -2.36. The SMILES string of the molecule is Cn1cc(-c2cc(Nc3ncc(Br)c(Nc4ccc5nccnc5c4P(C)(C)=O)n3)ccc2N2CCOCC2)cn1. The topological polar surface area (TPSA) is 123 Å². The number of nitrogens with zero attached hydrogens (tertiary/aromatic N) is 7. The Morgan fingerprint density at radius 1 is 1.00 bits per heavy atom. The first-order valence-electron chi connectivity index (χ1n) is 13.1. The van der Waals surface area contributed by atoms with Crippen LogP contribution in [0.3, 0.4) is 0 Å². The van der Waals surface area contributed by atoms with Crippen LogP contribution in [0.1, 0.15) is 0 Å². The number of fused-ring (bicyclic) bond motifs is 1. The van der Waals surface area contributed by atoms with E-state index in [1.807, 2.05) is 37.6 Å². The Balaban J connectivity index is 1.33. The summed E-state index contributed by atoms with van der Waals surface area (Å²) >= 11 is 3.56. The molecule has 0 aliphatic carbocycles. The van der Waals surface area contributed by atoms with Gasteiger partial charge in [0.2, 0.25) is 5.95 Å². The second-order valence-corrected chi connectivity index (χ2v) is 14.1. The van der Waals surface area contributed by atoms with Gasteiger partial charge < -0.3 is 24.8 Å². The van der Waals surface area contributed by atoms with Crippen molar-refractivity contribution in [3.05, 3.63) is 65.8 Å². The molecule has 0 amide bonds. The zero-order valence-electron chi connectivity index (χ0n) is 22.9. The van der Waals surface area contributed by atoms with Crippen molar-refractivity contribution in [3.8, 4) is 11.1 Å². The zero-order valence-corrected chi connectivity index (χ0v) is 25.4. The smallest absolute Gasteiger partial charge is 0.229 e. The van der Waals surface area contributed by atoms with E-state index in [2.05, 4.69) is 63.6 Å². The minimum atomic E-state index is -2.73. The summed E-state index contributed by atoms with van der Waals surface area (Å²) in [6.07, 6.45) is 8.79. The molecule has 0 spiro atoms. The third-order valence-electron chi connectivity index (χ3n) is 6.77. The van der Waals surface area contributed by atoms with Gasteiger partial charge in [0.15, 0.2) is 0 Å². The first kappa shape index (κ1) is 27.3. The molecule has 1 aliphatic rings. The van der Waals surface area contributed by atoms with Gasteiger partial charge in [0.1, 0.15) is 18.5 Å². The van der Waals surface area contributed by atoms with Crippen LogP contribution in [0.2, 0.25) is 0 Å². The van der Waals surface area contributed by atoms with E-state index < -0.39 is 7.14 Å². The fraction of sp³-hybridized carbons (Fsp3) is 0.250. The number of aromatic nitrogens is 6. The molecule has 0 saturated carbocycles. The van der Waals surface area contributed by atoms with Crippen molar-refractivity contribution in [3.63, 3.8) is 0 Å². The lowest BCUT2D eigenvalue weighted by atomic mass is 10.0. The van der Waals surface area contributed by atoms with Crippen molar-refractivity contribution < 1.29 is 9.30 Å². The van der Waals surface area contributed by atoms with Gasteiger partial charge in [-0.15, -0.1) is 0 Å². The second-order valence-electron chi connectivity index (χ2n) is 10.1. The van der Waals surface area contributed by atoms with E-state index in [-0.39, 0.29) is 0 Å². The number of morpholine rings is 1. The molecule has 2 aromatic carbocycles. The van der Waals surface area contributed by atoms with Gasteiger partial charge in [0.25, 0.3) is 0 Å². The van der Waals surface area contributed by atoms with Gasteiger partial charge in [-0.25, -0.2) is 4.98 Å². The fourth-order valence-corrected chi connectivity index (χ4v) is 6.61. The molecule has 0 unspecified atom stereocenters. The van der Waals surface area contributed by atoms with Crippen molar-refractivity contribution >= 4 is 68.2 Å². The number of rotatable bonds is 7. The Labute approximate surface area is 245 Å². The Morgan fingerprint density at radius 3 is 2.56 bits per heavy atom. The number of halogens is 1. The van der Waals surface area contributed by atoms with Gasteiger partial charge in [-0.1, -0.05) is 0 Å². The maximum Gasteiger partial charge on any atom is 0.229 e. The van der Waals surface area contributed by atoms with Crippen LogP contribution in [-0.2, 0) is 16.3 Å². The van der Waals surface area contributed by atoms with Gasteiger partial charge >= 0.3 is 0 Å². The third-order valence-corrected chi connectivity index (χ3v) is 8.88. The van der Waals surface area contributed by atoms with E-state index in [9.17, 15) is 4.57 Å². The zero-order chi connectivity index (χ0) is 28.6. The van der Waals surface area contributed by atoms with E-state index >= 15 is 0 Å². The number of hydrogen-bond acceptors (Lipinski definition) is 10. The molecule has 6 rings (SSSR count). The standard InChI is InChI=1S/C28H29BrN9O2P/c1-37-17-18(15-33-37)20-14-19(4-7-24(20)38-10-12-40-13-11-38)34-28-32-16-21(29)27(36-28)35-23-6-5-22-25(31-9-8-30-22)26(23)41(2,3)39/h4-9,14-17H,10-13H2,1-3H3,(H2,32,34,35,36). The van der Waals surface area contributed by atoms with Crippen molar-refractivity contribution in [2.45, 2.75) is 0 Å². The Bertz CT molecular complexity index is 1780. The van der Waals surface area contributed by atoms with Crippen molar-refractivity contribution in [2.75, 3.05) is 55.2 Å². The maximum absolute atomic E-state index is 13.3. The fourth-order valence-electron chi connectivity index (χ4n) is 4.92. The van der Waals surface area contributed by atoms with Crippen LogP contribution in [-0.4, -0.2) is 69.3 Å². The van der Waals surface area contributed by atoms with Gasteiger partial charge in [0.05, 0.1) is 40.4 Å². The molecule has 41 heavy (non-hydrogen) atoms. The van der Waals surface area contributed by atoms with Crippen LogP contribution in [0.25, 0.3) is 22.2 Å². The monoisotopic (exact) mass is 633 g/mol. The van der Waals surface area contributed by atoms with E-state index in [0.717, 1.165) is 35.6 Å². The second kappa shape index (κ2) is 11.2. The highest BCUT2D eigenvalue weighted by Crippen LogP contribution is 2.41. The molecule has 4 heterocycles. The largest absolute Gasteiger partial charge is 0.378 e. The number of benzene rings is 2. The molecule has 0 radical (unpaired) electrons. The molecule has 2 N–H and O–H groups in total. The van der Waals surface area contributed by atoms with Crippen LogP contribution in [0.4, 0.5) is 28.8 Å². The summed E-state index contributed by atoms with van der Waals surface area (Å²) in [5, 5.41) is 11.7. The van der Waals surface area contributed by atoms with E-state index in [1.54, 1.807) is 36.6 Å². The summed E-state index contributed by atoms with van der Waals surface area (Å²) in [6.45, 7) is 6.51. The molecule has 5 aromatic rings. The molecule has 13 heteroatoms. The van der Waals surface area contributed by atoms with Crippen molar-refractivity contribution in [1.82, 2.24) is 29.7 Å². The van der Waals surface area contributed by atoms with Crippen LogP contribution >= 0.6 is 23.1 Å². The summed E-state index contributed by atoms with van der Waals surface area (Å²) in [4.78, 5) is 20.4. The Hall–Kier alpha value is -3.86. The van der Waals surface area contributed by atoms with E-state index in [4.69, 9.17) is 9.72 Å². The van der Waals surface area contributed by atoms with Gasteiger partial charge in [-0.3, -0.25) is 14.6 Å². The summed E-state index contributed by atoms with van der Waals surface area (Å²) < 4.78 is 21.4. The van der Waals surface area contributed by atoms with Crippen LogP contribution in [0, 0.1) is 0 Å².